The van der Waals surface area contributed by atoms with E-state index in [9.17, 15) is 0 Å². The van der Waals surface area contributed by atoms with Gasteiger partial charge in [-0.05, 0) is 46.7 Å². The fourth-order valence-corrected chi connectivity index (χ4v) is 2.73. The molecule has 1 aliphatic carbocycles. The van der Waals surface area contributed by atoms with Gasteiger partial charge in [0.25, 0.3) is 0 Å². The number of rotatable bonds is 3. The Kier molecular flexibility index (Phi) is 2.71. The van der Waals surface area contributed by atoms with E-state index in [1.54, 1.807) is 6.26 Å². The van der Waals surface area contributed by atoms with E-state index >= 15 is 0 Å². The van der Waals surface area contributed by atoms with E-state index in [2.05, 4.69) is 22.9 Å². The van der Waals surface area contributed by atoms with E-state index < -0.39 is 0 Å². The summed E-state index contributed by atoms with van der Waals surface area (Å²) in [6.07, 6.45) is 6.73. The summed E-state index contributed by atoms with van der Waals surface area (Å²) in [7, 11) is 0. The fourth-order valence-electron chi connectivity index (χ4n) is 2.20. The van der Waals surface area contributed by atoms with Gasteiger partial charge in [0.2, 0.25) is 0 Å². The first kappa shape index (κ1) is 10.2. The smallest absolute Gasteiger partial charge is 0.173 e. The quantitative estimate of drug-likeness (QED) is 0.899. The first-order valence-electron chi connectivity index (χ1n) is 5.09. The van der Waals surface area contributed by atoms with Crippen LogP contribution in [-0.4, -0.2) is 0 Å². The van der Waals surface area contributed by atoms with Gasteiger partial charge in [-0.25, -0.2) is 0 Å². The van der Waals surface area contributed by atoms with Crippen LogP contribution in [-0.2, 0) is 0 Å². The van der Waals surface area contributed by atoms with Crippen LogP contribution in [0, 0.1) is 5.41 Å². The molecule has 1 aromatic heterocycles. The average molecular weight is 258 g/mol. The molecule has 2 rings (SSSR count). The lowest BCUT2D eigenvalue weighted by atomic mass is 9.66. The summed E-state index contributed by atoms with van der Waals surface area (Å²) < 4.78 is 5.97. The minimum absolute atomic E-state index is 0.105. The Balaban J connectivity index is 2.02. The minimum atomic E-state index is 0.105. The Morgan fingerprint density at radius 3 is 2.79 bits per heavy atom. The highest BCUT2D eigenvalue weighted by molar-refractivity contribution is 9.10. The van der Waals surface area contributed by atoms with Crippen molar-refractivity contribution in [2.24, 2.45) is 11.1 Å². The standard InChI is InChI=1S/C11H16BrNO/c1-11(4-2-5-11)7-9(13)8-3-6-14-10(8)12/h3,6,9H,2,4-5,7,13H2,1H3. The second kappa shape index (κ2) is 3.70. The second-order valence-electron chi connectivity index (χ2n) is 4.62. The van der Waals surface area contributed by atoms with Crippen LogP contribution in [0.5, 0.6) is 0 Å². The number of halogens is 1. The van der Waals surface area contributed by atoms with Gasteiger partial charge in [0.05, 0.1) is 6.26 Å². The maximum Gasteiger partial charge on any atom is 0.173 e. The van der Waals surface area contributed by atoms with Crippen molar-refractivity contribution < 1.29 is 4.42 Å². The zero-order valence-corrected chi connectivity index (χ0v) is 10.0. The largest absolute Gasteiger partial charge is 0.457 e. The van der Waals surface area contributed by atoms with E-state index in [-0.39, 0.29) is 6.04 Å². The third-order valence-corrected chi connectivity index (χ3v) is 3.96. The van der Waals surface area contributed by atoms with E-state index in [0.29, 0.717) is 5.41 Å². The van der Waals surface area contributed by atoms with Crippen molar-refractivity contribution in [3.8, 4) is 0 Å². The SMILES string of the molecule is CC1(CC(N)c2ccoc2Br)CCC1. The zero-order chi connectivity index (χ0) is 10.2. The molecule has 0 aliphatic heterocycles. The van der Waals surface area contributed by atoms with Crippen LogP contribution in [0.2, 0.25) is 0 Å². The van der Waals surface area contributed by atoms with Crippen LogP contribution in [0.1, 0.15) is 44.2 Å². The summed E-state index contributed by atoms with van der Waals surface area (Å²) in [5, 5.41) is 0. The van der Waals surface area contributed by atoms with Gasteiger partial charge in [-0.1, -0.05) is 13.3 Å². The molecular formula is C11H16BrNO. The molecular weight excluding hydrogens is 242 g/mol. The van der Waals surface area contributed by atoms with Gasteiger partial charge in [0.15, 0.2) is 4.67 Å². The van der Waals surface area contributed by atoms with Gasteiger partial charge in [-0.3, -0.25) is 0 Å². The molecule has 78 valence electrons. The molecule has 0 radical (unpaired) electrons. The van der Waals surface area contributed by atoms with Crippen LogP contribution >= 0.6 is 15.9 Å². The van der Waals surface area contributed by atoms with E-state index in [1.807, 2.05) is 6.07 Å². The molecule has 1 aliphatic rings. The minimum Gasteiger partial charge on any atom is -0.457 e. The van der Waals surface area contributed by atoms with Gasteiger partial charge in [-0.2, -0.15) is 0 Å². The molecule has 1 heterocycles. The normalized spacial score (nSPS) is 21.6. The Morgan fingerprint density at radius 1 is 1.64 bits per heavy atom. The fraction of sp³-hybridized carbons (Fsp3) is 0.636. The van der Waals surface area contributed by atoms with Crippen LogP contribution in [0.4, 0.5) is 0 Å². The van der Waals surface area contributed by atoms with Crippen LogP contribution < -0.4 is 5.73 Å². The highest BCUT2D eigenvalue weighted by atomic mass is 79.9. The molecule has 1 unspecified atom stereocenters. The van der Waals surface area contributed by atoms with E-state index in [0.717, 1.165) is 16.7 Å². The van der Waals surface area contributed by atoms with Gasteiger partial charge in [0.1, 0.15) is 0 Å². The number of furan rings is 1. The van der Waals surface area contributed by atoms with Gasteiger partial charge in [0, 0.05) is 11.6 Å². The summed E-state index contributed by atoms with van der Waals surface area (Å²) in [6.45, 7) is 2.32. The Labute approximate surface area is 93.0 Å². The molecule has 0 spiro atoms. The summed E-state index contributed by atoms with van der Waals surface area (Å²) in [4.78, 5) is 0. The summed E-state index contributed by atoms with van der Waals surface area (Å²) in [6, 6.07) is 2.06. The highest BCUT2D eigenvalue weighted by Gasteiger charge is 2.34. The van der Waals surface area contributed by atoms with Gasteiger partial charge in [-0.15, -0.1) is 0 Å². The Bertz CT molecular complexity index is 317. The average Bonchev–Trinajstić information content (AvgIpc) is 2.48. The molecule has 0 saturated heterocycles. The maximum atomic E-state index is 6.15. The van der Waals surface area contributed by atoms with Gasteiger partial charge < -0.3 is 10.2 Å². The molecule has 3 heteroatoms. The summed E-state index contributed by atoms with van der Waals surface area (Å²) >= 11 is 3.37. The molecule has 2 nitrogen and oxygen atoms in total. The molecule has 0 aromatic carbocycles. The number of nitrogens with two attached hydrogens (primary N) is 1. The predicted molar refractivity (Wildman–Crippen MR) is 59.9 cm³/mol. The number of hydrogen-bond acceptors (Lipinski definition) is 2. The second-order valence-corrected chi connectivity index (χ2v) is 5.34. The van der Waals surface area contributed by atoms with Crippen LogP contribution in [0.25, 0.3) is 0 Å². The van der Waals surface area contributed by atoms with E-state index in [1.165, 1.54) is 19.3 Å². The molecule has 2 N–H and O–H groups in total. The monoisotopic (exact) mass is 257 g/mol. The number of hydrogen-bond donors (Lipinski definition) is 1. The van der Waals surface area contributed by atoms with Crippen molar-refractivity contribution in [3.63, 3.8) is 0 Å². The van der Waals surface area contributed by atoms with Crippen molar-refractivity contribution >= 4 is 15.9 Å². The molecule has 1 fully saturated rings. The first-order chi connectivity index (χ1) is 6.61. The molecule has 1 aromatic rings. The highest BCUT2D eigenvalue weighted by Crippen LogP contribution is 2.46. The van der Waals surface area contributed by atoms with Crippen LogP contribution in [0.3, 0.4) is 0 Å². The zero-order valence-electron chi connectivity index (χ0n) is 8.42. The summed E-state index contributed by atoms with van der Waals surface area (Å²) in [5.74, 6) is 0. The maximum absolute atomic E-state index is 6.15. The lowest BCUT2D eigenvalue weighted by Gasteiger charge is -2.40. The first-order valence-corrected chi connectivity index (χ1v) is 5.88. The third kappa shape index (κ3) is 1.89. The molecule has 1 saturated carbocycles. The molecule has 0 bridgehead atoms. The third-order valence-electron chi connectivity index (χ3n) is 3.32. The predicted octanol–water partition coefficient (Wildman–Crippen LogP) is 3.62. The van der Waals surface area contributed by atoms with Gasteiger partial charge >= 0.3 is 0 Å². The molecule has 1 atom stereocenters. The lowest BCUT2D eigenvalue weighted by Crippen LogP contribution is -2.30. The lowest BCUT2D eigenvalue weighted by molar-refractivity contribution is 0.134. The van der Waals surface area contributed by atoms with Crippen LogP contribution in [0.15, 0.2) is 21.4 Å². The molecule has 14 heavy (non-hydrogen) atoms. The molecule has 0 amide bonds. The van der Waals surface area contributed by atoms with Crippen molar-refractivity contribution in [2.45, 2.75) is 38.6 Å². The van der Waals surface area contributed by atoms with E-state index in [4.69, 9.17) is 10.2 Å². The Hall–Kier alpha value is -0.280. The van der Waals surface area contributed by atoms with Crippen molar-refractivity contribution in [1.29, 1.82) is 0 Å². The van der Waals surface area contributed by atoms with Crippen molar-refractivity contribution in [2.75, 3.05) is 0 Å². The Morgan fingerprint density at radius 2 is 2.36 bits per heavy atom. The van der Waals surface area contributed by atoms with Crippen molar-refractivity contribution in [3.05, 3.63) is 22.6 Å². The topological polar surface area (TPSA) is 39.2 Å². The summed E-state index contributed by atoms with van der Waals surface area (Å²) in [5.41, 5.74) is 7.71. The van der Waals surface area contributed by atoms with Crippen molar-refractivity contribution in [1.82, 2.24) is 0 Å².